The van der Waals surface area contributed by atoms with Crippen molar-refractivity contribution in [3.05, 3.63) is 29.2 Å². The monoisotopic (exact) mass is 347 g/mol. The summed E-state index contributed by atoms with van der Waals surface area (Å²) >= 11 is 0. The highest BCUT2D eigenvalue weighted by Crippen LogP contribution is 2.33. The largest absolute Gasteiger partial charge is 0.269 e. The first-order chi connectivity index (χ1) is 12.0. The van der Waals surface area contributed by atoms with Gasteiger partial charge in [-0.2, -0.15) is 10.2 Å². The van der Waals surface area contributed by atoms with Crippen molar-refractivity contribution in [3.63, 3.8) is 0 Å². The molecule has 0 radical (unpaired) electrons. The van der Waals surface area contributed by atoms with Crippen molar-refractivity contribution in [1.29, 1.82) is 0 Å². The minimum Gasteiger partial charge on any atom is -0.269 e. The molecule has 3 aromatic heterocycles. The molecular weight excluding hydrogens is 324 g/mol. The number of halogens is 2. The lowest BCUT2D eigenvalue weighted by molar-refractivity contribution is 0.153. The van der Waals surface area contributed by atoms with E-state index in [2.05, 4.69) is 22.1 Å². The van der Waals surface area contributed by atoms with Crippen LogP contribution in [0.4, 0.5) is 8.78 Å². The Bertz CT molecular complexity index is 895. The van der Waals surface area contributed by atoms with Gasteiger partial charge in [0.05, 0.1) is 23.0 Å². The standard InChI is InChI=1S/C18H23F2N5/c1-5-7-8-25-18-16(11(3)23-25)13(17(19)20)9-15(22-18)14-10-21-24(6-2)12(14)4/h9-10,17H,5-8H2,1-4H3. The van der Waals surface area contributed by atoms with E-state index in [1.165, 1.54) is 6.07 Å². The zero-order valence-electron chi connectivity index (χ0n) is 15.1. The molecule has 0 aliphatic carbocycles. The predicted molar refractivity (Wildman–Crippen MR) is 93.8 cm³/mol. The second-order valence-corrected chi connectivity index (χ2v) is 6.22. The molecule has 0 spiro atoms. The summed E-state index contributed by atoms with van der Waals surface area (Å²) in [5, 5.41) is 9.23. The van der Waals surface area contributed by atoms with Gasteiger partial charge in [-0.1, -0.05) is 13.3 Å². The number of pyridine rings is 1. The molecule has 0 aliphatic heterocycles. The number of rotatable bonds is 6. The summed E-state index contributed by atoms with van der Waals surface area (Å²) in [7, 11) is 0. The summed E-state index contributed by atoms with van der Waals surface area (Å²) in [4.78, 5) is 4.68. The smallest absolute Gasteiger partial charge is 0.264 e. The van der Waals surface area contributed by atoms with E-state index in [4.69, 9.17) is 0 Å². The summed E-state index contributed by atoms with van der Waals surface area (Å²) in [5.41, 5.74) is 3.35. The Morgan fingerprint density at radius 1 is 1.16 bits per heavy atom. The molecule has 3 aromatic rings. The maximum absolute atomic E-state index is 13.7. The zero-order valence-corrected chi connectivity index (χ0v) is 15.1. The third kappa shape index (κ3) is 3.03. The number of aryl methyl sites for hydroxylation is 3. The first-order valence-electron chi connectivity index (χ1n) is 8.66. The third-order valence-corrected chi connectivity index (χ3v) is 4.55. The molecule has 0 saturated carbocycles. The molecule has 7 heteroatoms. The molecule has 3 heterocycles. The van der Waals surface area contributed by atoms with Crippen LogP contribution < -0.4 is 0 Å². The number of fused-ring (bicyclic) bond motifs is 1. The molecule has 5 nitrogen and oxygen atoms in total. The van der Waals surface area contributed by atoms with Gasteiger partial charge in [-0.25, -0.2) is 18.4 Å². The number of unbranched alkanes of at least 4 members (excludes halogenated alkanes) is 1. The fourth-order valence-corrected chi connectivity index (χ4v) is 3.18. The molecule has 3 rings (SSSR count). The Hall–Kier alpha value is -2.31. The van der Waals surface area contributed by atoms with Gasteiger partial charge < -0.3 is 0 Å². The Kier molecular flexibility index (Phi) is 4.83. The van der Waals surface area contributed by atoms with E-state index >= 15 is 0 Å². The molecular formula is C18H23F2N5. The molecule has 0 fully saturated rings. The number of aromatic nitrogens is 5. The second kappa shape index (κ2) is 6.90. The molecule has 0 aromatic carbocycles. The predicted octanol–water partition coefficient (Wildman–Crippen LogP) is 4.67. The average Bonchev–Trinajstić information content (AvgIpc) is 3.12. The van der Waals surface area contributed by atoms with Gasteiger partial charge in [-0.15, -0.1) is 0 Å². The van der Waals surface area contributed by atoms with Crippen LogP contribution in [-0.4, -0.2) is 24.5 Å². The van der Waals surface area contributed by atoms with Gasteiger partial charge >= 0.3 is 0 Å². The fraction of sp³-hybridized carbons (Fsp3) is 0.500. The minimum absolute atomic E-state index is 0.0103. The van der Waals surface area contributed by atoms with Crippen LogP contribution in [0.2, 0.25) is 0 Å². The van der Waals surface area contributed by atoms with Gasteiger partial charge in [0.2, 0.25) is 0 Å². The van der Waals surface area contributed by atoms with Gasteiger partial charge in [0.15, 0.2) is 5.65 Å². The minimum atomic E-state index is -2.58. The summed E-state index contributed by atoms with van der Waals surface area (Å²) < 4.78 is 31.0. The second-order valence-electron chi connectivity index (χ2n) is 6.22. The number of nitrogens with zero attached hydrogens (tertiary/aromatic N) is 5. The summed E-state index contributed by atoms with van der Waals surface area (Å²) in [6.45, 7) is 9.17. The van der Waals surface area contributed by atoms with E-state index in [-0.39, 0.29) is 5.56 Å². The van der Waals surface area contributed by atoms with Crippen LogP contribution in [0.3, 0.4) is 0 Å². The van der Waals surface area contributed by atoms with Gasteiger partial charge in [0.25, 0.3) is 6.43 Å². The maximum atomic E-state index is 13.7. The van der Waals surface area contributed by atoms with Crippen LogP contribution >= 0.6 is 0 Å². The molecule has 0 N–H and O–H groups in total. The number of alkyl halides is 2. The first-order valence-corrected chi connectivity index (χ1v) is 8.66. The highest BCUT2D eigenvalue weighted by molar-refractivity contribution is 5.85. The zero-order chi connectivity index (χ0) is 18.1. The molecule has 0 aliphatic rings. The molecule has 0 saturated heterocycles. The molecule has 0 atom stereocenters. The van der Waals surface area contributed by atoms with E-state index in [1.54, 1.807) is 17.8 Å². The lowest BCUT2D eigenvalue weighted by Crippen LogP contribution is -2.03. The van der Waals surface area contributed by atoms with Crippen molar-refractivity contribution in [3.8, 4) is 11.3 Å². The molecule has 0 amide bonds. The maximum Gasteiger partial charge on any atom is 0.264 e. The summed E-state index contributed by atoms with van der Waals surface area (Å²) in [6, 6.07) is 1.48. The highest BCUT2D eigenvalue weighted by atomic mass is 19.3. The van der Waals surface area contributed by atoms with Crippen LogP contribution in [0.5, 0.6) is 0 Å². The average molecular weight is 347 g/mol. The van der Waals surface area contributed by atoms with E-state index in [9.17, 15) is 8.78 Å². The van der Waals surface area contributed by atoms with Crippen LogP contribution in [-0.2, 0) is 13.1 Å². The lowest BCUT2D eigenvalue weighted by atomic mass is 10.1. The van der Waals surface area contributed by atoms with Gasteiger partial charge in [0.1, 0.15) is 0 Å². The topological polar surface area (TPSA) is 48.5 Å². The van der Waals surface area contributed by atoms with Crippen LogP contribution in [0.1, 0.15) is 50.1 Å². The SMILES string of the molecule is CCCCn1nc(C)c2c(C(F)F)cc(-c3cnn(CC)c3C)nc21. The summed E-state index contributed by atoms with van der Waals surface area (Å²) in [6.07, 6.45) is 1.05. The molecule has 0 unspecified atom stereocenters. The van der Waals surface area contributed by atoms with Gasteiger partial charge in [-0.3, -0.25) is 4.68 Å². The fourth-order valence-electron chi connectivity index (χ4n) is 3.18. The van der Waals surface area contributed by atoms with Crippen molar-refractivity contribution >= 4 is 11.0 Å². The van der Waals surface area contributed by atoms with Crippen molar-refractivity contribution in [1.82, 2.24) is 24.5 Å². The van der Waals surface area contributed by atoms with Crippen molar-refractivity contribution in [2.45, 2.75) is 60.1 Å². The normalized spacial score (nSPS) is 11.8. The van der Waals surface area contributed by atoms with E-state index < -0.39 is 6.43 Å². The first kappa shape index (κ1) is 17.5. The van der Waals surface area contributed by atoms with E-state index in [1.807, 2.05) is 18.5 Å². The highest BCUT2D eigenvalue weighted by Gasteiger charge is 2.22. The van der Waals surface area contributed by atoms with Crippen molar-refractivity contribution < 1.29 is 8.78 Å². The Labute approximate surface area is 145 Å². The van der Waals surface area contributed by atoms with Crippen LogP contribution in [0.25, 0.3) is 22.3 Å². The van der Waals surface area contributed by atoms with Crippen LogP contribution in [0.15, 0.2) is 12.3 Å². The van der Waals surface area contributed by atoms with Crippen LogP contribution in [0, 0.1) is 13.8 Å². The molecule has 25 heavy (non-hydrogen) atoms. The summed E-state index contributed by atoms with van der Waals surface area (Å²) in [5.74, 6) is 0. The van der Waals surface area contributed by atoms with Crippen molar-refractivity contribution in [2.24, 2.45) is 0 Å². The Morgan fingerprint density at radius 3 is 2.52 bits per heavy atom. The molecule has 134 valence electrons. The quantitative estimate of drug-likeness (QED) is 0.651. The van der Waals surface area contributed by atoms with Gasteiger partial charge in [-0.05, 0) is 33.3 Å². The Balaban J connectivity index is 2.24. The Morgan fingerprint density at radius 2 is 1.92 bits per heavy atom. The van der Waals surface area contributed by atoms with Gasteiger partial charge in [0, 0.05) is 29.9 Å². The lowest BCUT2D eigenvalue weighted by Gasteiger charge is -2.09. The number of hydrogen-bond donors (Lipinski definition) is 0. The van der Waals surface area contributed by atoms with E-state index in [0.29, 0.717) is 29.0 Å². The number of hydrogen-bond acceptors (Lipinski definition) is 3. The van der Waals surface area contributed by atoms with E-state index in [0.717, 1.165) is 30.6 Å². The molecule has 0 bridgehead atoms. The van der Waals surface area contributed by atoms with Crippen molar-refractivity contribution in [2.75, 3.05) is 0 Å². The third-order valence-electron chi connectivity index (χ3n) is 4.55.